The van der Waals surface area contributed by atoms with E-state index < -0.39 is 10.0 Å². The molecule has 0 spiro atoms. The van der Waals surface area contributed by atoms with E-state index in [1.54, 1.807) is 29.6 Å². The van der Waals surface area contributed by atoms with Crippen molar-refractivity contribution in [1.29, 1.82) is 0 Å². The van der Waals surface area contributed by atoms with Gasteiger partial charge in [-0.1, -0.05) is 6.42 Å². The van der Waals surface area contributed by atoms with E-state index in [-0.39, 0.29) is 23.3 Å². The predicted octanol–water partition coefficient (Wildman–Crippen LogP) is 3.39. The molecule has 1 N–H and O–H groups in total. The first-order chi connectivity index (χ1) is 16.3. The van der Waals surface area contributed by atoms with E-state index in [2.05, 4.69) is 5.32 Å². The van der Waals surface area contributed by atoms with Crippen molar-refractivity contribution in [3.63, 3.8) is 0 Å². The van der Waals surface area contributed by atoms with Crippen molar-refractivity contribution in [2.24, 2.45) is 0 Å². The summed E-state index contributed by atoms with van der Waals surface area (Å²) in [6, 6.07) is 11.9. The number of methoxy groups -OCH3 is 2. The Morgan fingerprint density at radius 1 is 1.00 bits per heavy atom. The number of ether oxygens (including phenoxy) is 3. The second-order valence-electron chi connectivity index (χ2n) is 8.39. The zero-order valence-electron chi connectivity index (χ0n) is 20.1. The summed E-state index contributed by atoms with van der Waals surface area (Å²) in [7, 11) is -0.410. The number of carbonyl (C=O) groups is 1. The van der Waals surface area contributed by atoms with Gasteiger partial charge in [-0.25, -0.2) is 8.42 Å². The molecule has 1 saturated heterocycles. The monoisotopic (exact) mass is 490 g/mol. The van der Waals surface area contributed by atoms with Gasteiger partial charge in [0.1, 0.15) is 23.9 Å². The Bertz CT molecular complexity index is 1050. The molecule has 1 atom stereocenters. The number of amides is 1. The van der Waals surface area contributed by atoms with E-state index in [0.29, 0.717) is 43.2 Å². The van der Waals surface area contributed by atoms with E-state index in [0.717, 1.165) is 25.0 Å². The summed E-state index contributed by atoms with van der Waals surface area (Å²) in [5, 5.41) is 2.92. The number of hydrogen-bond acceptors (Lipinski definition) is 6. The van der Waals surface area contributed by atoms with E-state index in [1.807, 2.05) is 31.2 Å². The van der Waals surface area contributed by atoms with Gasteiger partial charge in [0.25, 0.3) is 0 Å². The van der Waals surface area contributed by atoms with Gasteiger partial charge >= 0.3 is 0 Å². The van der Waals surface area contributed by atoms with Crippen LogP contribution >= 0.6 is 0 Å². The van der Waals surface area contributed by atoms with Crippen molar-refractivity contribution < 1.29 is 27.4 Å². The maximum absolute atomic E-state index is 13.0. The Morgan fingerprint density at radius 2 is 1.68 bits per heavy atom. The molecule has 186 valence electrons. The molecule has 1 amide bonds. The summed E-state index contributed by atoms with van der Waals surface area (Å²) < 4.78 is 43.9. The van der Waals surface area contributed by atoms with Crippen LogP contribution in [0.4, 0.5) is 0 Å². The first-order valence-electron chi connectivity index (χ1n) is 11.6. The highest BCUT2D eigenvalue weighted by molar-refractivity contribution is 7.89. The summed E-state index contributed by atoms with van der Waals surface area (Å²) in [4.78, 5) is 12.7. The quantitative estimate of drug-likeness (QED) is 0.519. The van der Waals surface area contributed by atoms with Gasteiger partial charge in [0.05, 0.1) is 25.2 Å². The number of hydrogen-bond donors (Lipinski definition) is 1. The molecule has 1 aliphatic heterocycles. The summed E-state index contributed by atoms with van der Waals surface area (Å²) in [5.41, 5.74) is 0.692. The maximum atomic E-state index is 13.0. The fraction of sp³-hybridized carbons (Fsp3) is 0.480. The van der Waals surface area contributed by atoms with Gasteiger partial charge in [-0.05, 0) is 74.2 Å². The minimum atomic E-state index is -3.55. The van der Waals surface area contributed by atoms with Crippen molar-refractivity contribution >= 4 is 15.9 Å². The minimum absolute atomic E-state index is 0.142. The Labute approximate surface area is 202 Å². The lowest BCUT2D eigenvalue weighted by atomic mass is 10.1. The van der Waals surface area contributed by atoms with Crippen molar-refractivity contribution in [2.75, 3.05) is 33.9 Å². The molecule has 1 unspecified atom stereocenters. The molecule has 2 aromatic carbocycles. The lowest BCUT2D eigenvalue weighted by Crippen LogP contribution is -2.37. The number of rotatable bonds is 11. The van der Waals surface area contributed by atoms with E-state index >= 15 is 0 Å². The number of benzene rings is 2. The number of piperidine rings is 1. The van der Waals surface area contributed by atoms with Crippen LogP contribution in [0, 0.1) is 0 Å². The Morgan fingerprint density at radius 3 is 2.32 bits per heavy atom. The highest BCUT2D eigenvalue weighted by Gasteiger charge is 2.26. The summed E-state index contributed by atoms with van der Waals surface area (Å²) >= 11 is 0. The maximum Gasteiger partial charge on any atom is 0.243 e. The molecule has 0 aromatic heterocycles. The zero-order valence-corrected chi connectivity index (χ0v) is 20.9. The van der Waals surface area contributed by atoms with Gasteiger partial charge < -0.3 is 19.5 Å². The van der Waals surface area contributed by atoms with Crippen LogP contribution in [0.3, 0.4) is 0 Å². The molecular formula is C25H34N2O6S. The molecule has 1 aliphatic rings. The van der Waals surface area contributed by atoms with Crippen LogP contribution in [0.15, 0.2) is 47.4 Å². The topological polar surface area (TPSA) is 94.2 Å². The Balaban J connectivity index is 1.55. The third-order valence-corrected chi connectivity index (χ3v) is 7.69. The molecule has 8 nitrogen and oxygen atoms in total. The first-order valence-corrected chi connectivity index (χ1v) is 13.0. The molecule has 1 heterocycles. The summed E-state index contributed by atoms with van der Waals surface area (Å²) in [6.45, 7) is 3.28. The predicted molar refractivity (Wildman–Crippen MR) is 130 cm³/mol. The molecule has 0 radical (unpaired) electrons. The smallest absolute Gasteiger partial charge is 0.243 e. The van der Waals surface area contributed by atoms with Crippen molar-refractivity contribution in [3.8, 4) is 17.2 Å². The van der Waals surface area contributed by atoms with Crippen LogP contribution < -0.4 is 19.5 Å². The molecule has 0 bridgehead atoms. The molecule has 9 heteroatoms. The van der Waals surface area contributed by atoms with Gasteiger partial charge in [-0.3, -0.25) is 4.79 Å². The molecule has 2 aromatic rings. The van der Waals surface area contributed by atoms with Crippen molar-refractivity contribution in [3.05, 3.63) is 48.0 Å². The lowest BCUT2D eigenvalue weighted by Gasteiger charge is -2.26. The third kappa shape index (κ3) is 6.87. The van der Waals surface area contributed by atoms with E-state index in [9.17, 15) is 13.2 Å². The Hall–Kier alpha value is -2.78. The highest BCUT2D eigenvalue weighted by Crippen LogP contribution is 2.27. The minimum Gasteiger partial charge on any atom is -0.497 e. The van der Waals surface area contributed by atoms with Crippen LogP contribution in [0.2, 0.25) is 0 Å². The summed E-state index contributed by atoms with van der Waals surface area (Å²) in [5.74, 6) is 1.87. The van der Waals surface area contributed by atoms with E-state index in [1.165, 1.54) is 7.11 Å². The Kier molecular flexibility index (Phi) is 9.18. The SMILES string of the molecule is COc1ccc(OCC(C)NC(=O)CCc2cc(S(=O)(=O)N3CCCCC3)ccc2OC)cc1. The van der Waals surface area contributed by atoms with Crippen LogP contribution in [0.1, 0.15) is 38.2 Å². The molecular weight excluding hydrogens is 456 g/mol. The second kappa shape index (κ2) is 12.1. The van der Waals surface area contributed by atoms with Crippen molar-refractivity contribution in [2.45, 2.75) is 50.0 Å². The summed E-state index contributed by atoms with van der Waals surface area (Å²) in [6.07, 6.45) is 3.38. The largest absolute Gasteiger partial charge is 0.497 e. The fourth-order valence-electron chi connectivity index (χ4n) is 3.90. The number of aryl methyl sites for hydroxylation is 1. The second-order valence-corrected chi connectivity index (χ2v) is 10.3. The van der Waals surface area contributed by atoms with Gasteiger partial charge in [0.15, 0.2) is 0 Å². The van der Waals surface area contributed by atoms with Crippen LogP contribution in [-0.2, 0) is 21.2 Å². The number of carbonyl (C=O) groups excluding carboxylic acids is 1. The van der Waals surface area contributed by atoms with Gasteiger partial charge in [-0.2, -0.15) is 4.31 Å². The van der Waals surface area contributed by atoms with Crippen LogP contribution in [-0.4, -0.2) is 58.6 Å². The van der Waals surface area contributed by atoms with Gasteiger partial charge in [0, 0.05) is 19.5 Å². The number of nitrogens with one attached hydrogen (secondary N) is 1. The van der Waals surface area contributed by atoms with E-state index in [4.69, 9.17) is 14.2 Å². The van der Waals surface area contributed by atoms with Crippen LogP contribution in [0.5, 0.6) is 17.2 Å². The molecule has 34 heavy (non-hydrogen) atoms. The molecule has 0 aliphatic carbocycles. The average molecular weight is 491 g/mol. The standard InChI is InChI=1S/C25H34N2O6S/c1-19(18-33-22-10-8-21(31-2)9-11-22)26-25(28)14-7-20-17-23(12-13-24(20)32-3)34(29,30)27-15-5-4-6-16-27/h8-13,17,19H,4-7,14-16,18H2,1-3H3,(H,26,28). The average Bonchev–Trinajstić information content (AvgIpc) is 2.86. The molecule has 1 fully saturated rings. The van der Waals surface area contributed by atoms with Crippen molar-refractivity contribution in [1.82, 2.24) is 9.62 Å². The molecule has 0 saturated carbocycles. The zero-order chi connectivity index (χ0) is 24.6. The normalized spacial score (nSPS) is 15.4. The molecule has 3 rings (SSSR count). The lowest BCUT2D eigenvalue weighted by molar-refractivity contribution is -0.121. The van der Waals surface area contributed by atoms with Gasteiger partial charge in [0.2, 0.25) is 15.9 Å². The number of nitrogens with zero attached hydrogens (tertiary/aromatic N) is 1. The number of sulfonamides is 1. The van der Waals surface area contributed by atoms with Gasteiger partial charge in [-0.15, -0.1) is 0 Å². The first kappa shape index (κ1) is 25.8. The highest BCUT2D eigenvalue weighted by atomic mass is 32.2. The fourth-order valence-corrected chi connectivity index (χ4v) is 5.46. The van der Waals surface area contributed by atoms with Crippen LogP contribution in [0.25, 0.3) is 0 Å². The third-order valence-electron chi connectivity index (χ3n) is 5.79.